The molecular formula is C8H15NO3. The van der Waals surface area contributed by atoms with Crippen LogP contribution in [-0.2, 0) is 14.3 Å². The average Bonchev–Trinajstić information content (AvgIpc) is 1.98. The average molecular weight is 173 g/mol. The molecule has 0 spiro atoms. The molecule has 0 atom stereocenters. The molecule has 0 radical (unpaired) electrons. The maximum Gasteiger partial charge on any atom is 0.396 e. The van der Waals surface area contributed by atoms with E-state index < -0.39 is 11.9 Å². The second-order valence-electron chi connectivity index (χ2n) is 3.53. The minimum Gasteiger partial charge on any atom is -0.462 e. The summed E-state index contributed by atoms with van der Waals surface area (Å²) in [6, 6.07) is 0. The van der Waals surface area contributed by atoms with Crippen molar-refractivity contribution in [2.45, 2.75) is 26.3 Å². The number of methoxy groups -OCH3 is 1. The number of hydrogen-bond acceptors (Lipinski definition) is 3. The molecule has 1 amide bonds. The van der Waals surface area contributed by atoms with Crippen molar-refractivity contribution in [1.29, 1.82) is 0 Å². The third kappa shape index (κ3) is 2.53. The minimum absolute atomic E-state index is 0.356. The highest BCUT2D eigenvalue weighted by Crippen LogP contribution is 2.10. The minimum atomic E-state index is -0.826. The summed E-state index contributed by atoms with van der Waals surface area (Å²) in [7, 11) is 2.76. The maximum atomic E-state index is 11.2. The lowest BCUT2D eigenvalue weighted by atomic mass is 10.1. The molecule has 0 N–H and O–H groups in total. The van der Waals surface area contributed by atoms with Crippen LogP contribution in [0.4, 0.5) is 0 Å². The number of hydrogen-bond donors (Lipinski definition) is 0. The van der Waals surface area contributed by atoms with Gasteiger partial charge in [0.15, 0.2) is 0 Å². The van der Waals surface area contributed by atoms with Gasteiger partial charge in [-0.1, -0.05) is 0 Å². The summed E-state index contributed by atoms with van der Waals surface area (Å²) in [6.07, 6.45) is 0. The first-order chi connectivity index (χ1) is 5.30. The summed E-state index contributed by atoms with van der Waals surface area (Å²) < 4.78 is 4.30. The monoisotopic (exact) mass is 173 g/mol. The van der Waals surface area contributed by atoms with Gasteiger partial charge in [-0.15, -0.1) is 0 Å². The van der Waals surface area contributed by atoms with Gasteiger partial charge in [-0.25, -0.2) is 4.79 Å². The summed E-state index contributed by atoms with van der Waals surface area (Å²) in [5.74, 6) is -1.45. The molecule has 0 saturated carbocycles. The van der Waals surface area contributed by atoms with Crippen LogP contribution in [-0.4, -0.2) is 36.5 Å². The molecule has 4 heteroatoms. The molecule has 0 saturated heterocycles. The van der Waals surface area contributed by atoms with Gasteiger partial charge in [0.25, 0.3) is 0 Å². The number of rotatable bonds is 0. The van der Waals surface area contributed by atoms with Crippen LogP contribution in [0.3, 0.4) is 0 Å². The molecule has 0 aliphatic rings. The molecule has 0 aromatic rings. The third-order valence-corrected chi connectivity index (χ3v) is 1.67. The first-order valence-electron chi connectivity index (χ1n) is 3.67. The van der Waals surface area contributed by atoms with Gasteiger partial charge in [0.05, 0.1) is 7.11 Å². The van der Waals surface area contributed by atoms with Gasteiger partial charge in [0.2, 0.25) is 0 Å². The zero-order valence-electron chi connectivity index (χ0n) is 8.17. The smallest absolute Gasteiger partial charge is 0.396 e. The van der Waals surface area contributed by atoms with Crippen molar-refractivity contribution in [2.24, 2.45) is 0 Å². The largest absolute Gasteiger partial charge is 0.462 e. The molecule has 4 nitrogen and oxygen atoms in total. The van der Waals surface area contributed by atoms with E-state index in [1.165, 1.54) is 12.0 Å². The Kier molecular flexibility index (Phi) is 3.24. The SMILES string of the molecule is COC(=O)C(=O)N(C)C(C)(C)C. The van der Waals surface area contributed by atoms with E-state index in [0.29, 0.717) is 0 Å². The van der Waals surface area contributed by atoms with Crippen LogP contribution in [0.5, 0.6) is 0 Å². The molecule has 0 unspecified atom stereocenters. The molecule has 0 aliphatic carbocycles. The maximum absolute atomic E-state index is 11.2. The number of carbonyl (C=O) groups excluding carboxylic acids is 2. The summed E-state index contributed by atoms with van der Waals surface area (Å²) in [5, 5.41) is 0. The van der Waals surface area contributed by atoms with Gasteiger partial charge < -0.3 is 9.64 Å². The molecule has 0 bridgehead atoms. The first kappa shape index (κ1) is 10.9. The number of amides is 1. The van der Waals surface area contributed by atoms with Gasteiger partial charge in [-0.3, -0.25) is 4.79 Å². The molecule has 12 heavy (non-hydrogen) atoms. The topological polar surface area (TPSA) is 46.6 Å². The van der Waals surface area contributed by atoms with Crippen LogP contribution in [0.25, 0.3) is 0 Å². The molecule has 0 rings (SSSR count). The lowest BCUT2D eigenvalue weighted by molar-refractivity contribution is -0.159. The Morgan fingerprint density at radius 2 is 1.67 bits per heavy atom. The Hall–Kier alpha value is -1.06. The van der Waals surface area contributed by atoms with E-state index in [1.807, 2.05) is 20.8 Å². The van der Waals surface area contributed by atoms with Crippen LogP contribution in [0, 0.1) is 0 Å². The molecule has 0 heterocycles. The van der Waals surface area contributed by atoms with Crippen LogP contribution in [0.1, 0.15) is 20.8 Å². The molecular weight excluding hydrogens is 158 g/mol. The lowest BCUT2D eigenvalue weighted by Crippen LogP contribution is -2.46. The molecule has 70 valence electrons. The van der Waals surface area contributed by atoms with E-state index in [2.05, 4.69) is 4.74 Å². The van der Waals surface area contributed by atoms with Crippen molar-refractivity contribution >= 4 is 11.9 Å². The van der Waals surface area contributed by atoms with Gasteiger partial charge in [0, 0.05) is 12.6 Å². The number of carbonyl (C=O) groups is 2. The highest BCUT2D eigenvalue weighted by molar-refractivity contribution is 6.32. The normalized spacial score (nSPS) is 10.8. The fourth-order valence-corrected chi connectivity index (χ4v) is 0.529. The van der Waals surface area contributed by atoms with Gasteiger partial charge in [-0.2, -0.15) is 0 Å². The highest BCUT2D eigenvalue weighted by atomic mass is 16.5. The van der Waals surface area contributed by atoms with E-state index in [0.717, 1.165) is 0 Å². The fourth-order valence-electron chi connectivity index (χ4n) is 0.529. The zero-order chi connectivity index (χ0) is 9.94. The summed E-state index contributed by atoms with van der Waals surface area (Å²) >= 11 is 0. The Balaban J connectivity index is 4.41. The fraction of sp³-hybridized carbons (Fsp3) is 0.750. The van der Waals surface area contributed by atoms with Gasteiger partial charge in [0.1, 0.15) is 0 Å². The molecule has 0 fully saturated rings. The predicted octanol–water partition coefficient (Wildman–Crippen LogP) is 0.416. The summed E-state index contributed by atoms with van der Waals surface area (Å²) in [6.45, 7) is 5.52. The Morgan fingerprint density at radius 3 is 1.92 bits per heavy atom. The third-order valence-electron chi connectivity index (χ3n) is 1.67. The van der Waals surface area contributed by atoms with Crippen molar-refractivity contribution in [3.8, 4) is 0 Å². The van der Waals surface area contributed by atoms with Crippen molar-refractivity contribution in [3.63, 3.8) is 0 Å². The Labute approximate surface area is 72.5 Å². The van der Waals surface area contributed by atoms with Crippen molar-refractivity contribution in [3.05, 3.63) is 0 Å². The van der Waals surface area contributed by atoms with Crippen LogP contribution in [0.2, 0.25) is 0 Å². The second-order valence-corrected chi connectivity index (χ2v) is 3.53. The Morgan fingerprint density at radius 1 is 1.25 bits per heavy atom. The van der Waals surface area contributed by atoms with Crippen molar-refractivity contribution in [1.82, 2.24) is 4.90 Å². The molecule has 0 aromatic carbocycles. The second kappa shape index (κ2) is 3.56. The van der Waals surface area contributed by atoms with E-state index in [4.69, 9.17) is 0 Å². The van der Waals surface area contributed by atoms with Gasteiger partial charge in [-0.05, 0) is 20.8 Å². The van der Waals surface area contributed by atoms with E-state index in [-0.39, 0.29) is 5.54 Å². The van der Waals surface area contributed by atoms with E-state index >= 15 is 0 Å². The lowest BCUT2D eigenvalue weighted by Gasteiger charge is -2.30. The Bertz CT molecular complexity index is 193. The van der Waals surface area contributed by atoms with Gasteiger partial charge >= 0.3 is 11.9 Å². The highest BCUT2D eigenvalue weighted by Gasteiger charge is 2.27. The van der Waals surface area contributed by atoms with E-state index in [9.17, 15) is 9.59 Å². The molecule has 0 aliphatic heterocycles. The summed E-state index contributed by atoms with van der Waals surface area (Å²) in [4.78, 5) is 23.3. The summed E-state index contributed by atoms with van der Waals surface area (Å²) in [5.41, 5.74) is -0.356. The van der Waals surface area contributed by atoms with Crippen LogP contribution >= 0.6 is 0 Å². The van der Waals surface area contributed by atoms with Crippen LogP contribution in [0.15, 0.2) is 0 Å². The number of esters is 1. The first-order valence-corrected chi connectivity index (χ1v) is 3.67. The predicted molar refractivity (Wildman–Crippen MR) is 44.5 cm³/mol. The van der Waals surface area contributed by atoms with Crippen molar-refractivity contribution < 1.29 is 14.3 Å². The number of likely N-dealkylation sites (N-methyl/N-ethyl adjacent to an activating group) is 1. The molecule has 0 aromatic heterocycles. The number of ether oxygens (including phenoxy) is 1. The van der Waals surface area contributed by atoms with Crippen molar-refractivity contribution in [2.75, 3.05) is 14.2 Å². The zero-order valence-corrected chi connectivity index (χ0v) is 8.17. The van der Waals surface area contributed by atoms with E-state index in [1.54, 1.807) is 7.05 Å². The van der Waals surface area contributed by atoms with Crippen LogP contribution < -0.4 is 0 Å². The standard InChI is InChI=1S/C8H15NO3/c1-8(2,3)9(4)6(10)7(11)12-5/h1-5H3. The number of nitrogens with zero attached hydrogens (tertiary/aromatic N) is 1. The quantitative estimate of drug-likeness (QED) is 0.394.